The summed E-state index contributed by atoms with van der Waals surface area (Å²) in [6.07, 6.45) is 8.86. The lowest BCUT2D eigenvalue weighted by Crippen LogP contribution is -2.70. The minimum atomic E-state index is -0.640. The highest BCUT2D eigenvalue weighted by molar-refractivity contribution is 6.14. The molecule has 1 aliphatic heterocycles. The molecule has 3 heterocycles. The molecular formula is C26H25N9O. The summed E-state index contributed by atoms with van der Waals surface area (Å²) in [7, 11) is 0. The summed E-state index contributed by atoms with van der Waals surface area (Å²) in [5.41, 5.74) is 8.45. The highest BCUT2D eigenvalue weighted by Crippen LogP contribution is 2.41. The summed E-state index contributed by atoms with van der Waals surface area (Å²) in [6, 6.07) is 13.1. The maximum atomic E-state index is 14.3. The fraction of sp³-hybridized carbons (Fsp3) is 0.231. The van der Waals surface area contributed by atoms with Gasteiger partial charge in [0.15, 0.2) is 0 Å². The zero-order valence-corrected chi connectivity index (χ0v) is 19.9. The Kier molecular flexibility index (Phi) is 5.91. The molecule has 2 aromatic heterocycles. The summed E-state index contributed by atoms with van der Waals surface area (Å²) in [6.45, 7) is 3.97. The van der Waals surface area contributed by atoms with Crippen molar-refractivity contribution in [1.29, 1.82) is 5.26 Å². The maximum Gasteiger partial charge on any atom is 0.258 e. The van der Waals surface area contributed by atoms with Gasteiger partial charge in [-0.15, -0.1) is 0 Å². The van der Waals surface area contributed by atoms with Crippen LogP contribution in [0.25, 0.3) is 5.57 Å². The summed E-state index contributed by atoms with van der Waals surface area (Å²) in [5.74, 6) is 0.264. The molecule has 2 aliphatic rings. The fourth-order valence-electron chi connectivity index (χ4n) is 4.80. The molecule has 3 atom stereocenters. The largest absolute Gasteiger partial charge is 0.368 e. The molecule has 0 saturated carbocycles. The molecule has 1 aliphatic carbocycles. The molecule has 3 aromatic rings. The highest BCUT2D eigenvalue weighted by atomic mass is 16.2. The smallest absolute Gasteiger partial charge is 0.258 e. The number of hydrogen-bond acceptors (Lipinski definition) is 9. The highest BCUT2D eigenvalue weighted by Gasteiger charge is 2.48. The van der Waals surface area contributed by atoms with Crippen LogP contribution in [-0.4, -0.2) is 43.8 Å². The Balaban J connectivity index is 1.60. The van der Waals surface area contributed by atoms with Crippen LogP contribution in [0.4, 0.5) is 17.5 Å². The molecule has 5 rings (SSSR count). The zero-order valence-electron chi connectivity index (χ0n) is 19.9. The van der Waals surface area contributed by atoms with Crippen molar-refractivity contribution in [3.8, 4) is 6.07 Å². The maximum absolute atomic E-state index is 14.3. The molecule has 0 radical (unpaired) electrons. The van der Waals surface area contributed by atoms with E-state index in [1.165, 1.54) is 6.20 Å². The van der Waals surface area contributed by atoms with Gasteiger partial charge in [-0.2, -0.15) is 20.4 Å². The number of rotatable bonds is 5. The van der Waals surface area contributed by atoms with Gasteiger partial charge in [0.05, 0.1) is 30.2 Å². The van der Waals surface area contributed by atoms with Crippen LogP contribution in [0.15, 0.2) is 72.7 Å². The quantitative estimate of drug-likeness (QED) is 0.502. The third-order valence-electron chi connectivity index (χ3n) is 6.50. The lowest BCUT2D eigenvalue weighted by atomic mass is 9.76. The van der Waals surface area contributed by atoms with Gasteiger partial charge in [-0.25, -0.2) is 4.98 Å². The molecule has 10 heteroatoms. The van der Waals surface area contributed by atoms with Crippen molar-refractivity contribution in [1.82, 2.24) is 25.5 Å². The number of anilines is 3. The van der Waals surface area contributed by atoms with Gasteiger partial charge >= 0.3 is 0 Å². The monoisotopic (exact) mass is 479 g/mol. The Morgan fingerprint density at radius 2 is 2.06 bits per heavy atom. The molecule has 1 saturated heterocycles. The topological polar surface area (TPSA) is 146 Å². The number of para-hydroxylation sites is 1. The van der Waals surface area contributed by atoms with Crippen LogP contribution in [0.5, 0.6) is 0 Å². The van der Waals surface area contributed by atoms with E-state index < -0.39 is 11.7 Å². The van der Waals surface area contributed by atoms with E-state index in [1.807, 2.05) is 56.3 Å². The number of nitrogen functional groups attached to an aromatic ring is 1. The van der Waals surface area contributed by atoms with Gasteiger partial charge in [0.2, 0.25) is 5.95 Å². The Hall–Kier alpha value is -4.62. The average molecular weight is 480 g/mol. The van der Waals surface area contributed by atoms with Crippen molar-refractivity contribution in [3.05, 3.63) is 83.8 Å². The van der Waals surface area contributed by atoms with Crippen molar-refractivity contribution in [3.63, 3.8) is 0 Å². The Morgan fingerprint density at radius 1 is 1.25 bits per heavy atom. The van der Waals surface area contributed by atoms with Crippen LogP contribution in [-0.2, 0) is 4.79 Å². The van der Waals surface area contributed by atoms with E-state index in [9.17, 15) is 10.1 Å². The Morgan fingerprint density at radius 3 is 2.78 bits per heavy atom. The number of amides is 1. The van der Waals surface area contributed by atoms with Gasteiger partial charge in [0.25, 0.3) is 5.91 Å². The standard InChI is InChI=1S/C26H25N9O/c1-16(32-22-18(13-27)14-29-25(28)33-22)23-34-26(2)11-6-9-20(17-10-12-30-31-15-17)21(26)24(36)35(23)19-7-4-3-5-8-19/h3-10,12,14-16,23,34H,11H2,1-2H3,(H3,28,29,32,33)/t16-,23?,26?/m0/s1. The molecule has 0 spiro atoms. The minimum Gasteiger partial charge on any atom is -0.368 e. The van der Waals surface area contributed by atoms with Gasteiger partial charge in [0, 0.05) is 16.8 Å². The van der Waals surface area contributed by atoms with Crippen LogP contribution >= 0.6 is 0 Å². The molecular weight excluding hydrogens is 454 g/mol. The SMILES string of the molecule is C[C@H](Nc1nc(N)ncc1C#N)C1NC2(C)CC=CC(c3ccnnc3)=C2C(=O)N1c1ccccc1. The first-order chi connectivity index (χ1) is 17.4. The van der Waals surface area contributed by atoms with Crippen LogP contribution in [0, 0.1) is 11.3 Å². The first-order valence-electron chi connectivity index (χ1n) is 11.5. The van der Waals surface area contributed by atoms with Crippen LogP contribution in [0.2, 0.25) is 0 Å². The molecule has 1 amide bonds. The Labute approximate surface area is 208 Å². The summed E-state index contributed by atoms with van der Waals surface area (Å²) in [5, 5.41) is 24.4. The van der Waals surface area contributed by atoms with Gasteiger partial charge in [-0.1, -0.05) is 30.4 Å². The number of aromatic nitrogens is 4. The van der Waals surface area contributed by atoms with Crippen LogP contribution < -0.4 is 21.3 Å². The molecule has 1 aromatic carbocycles. The summed E-state index contributed by atoms with van der Waals surface area (Å²) < 4.78 is 0. The number of nitrogens with one attached hydrogen (secondary N) is 2. The van der Waals surface area contributed by atoms with E-state index in [1.54, 1.807) is 17.3 Å². The molecule has 0 bridgehead atoms. The average Bonchev–Trinajstić information content (AvgIpc) is 2.89. The fourth-order valence-corrected chi connectivity index (χ4v) is 4.80. The number of nitriles is 1. The lowest BCUT2D eigenvalue weighted by Gasteiger charge is -2.50. The first-order valence-corrected chi connectivity index (χ1v) is 11.5. The first kappa shape index (κ1) is 23.1. The molecule has 1 fully saturated rings. The zero-order chi connectivity index (χ0) is 25.3. The van der Waals surface area contributed by atoms with E-state index in [-0.39, 0.29) is 23.5 Å². The van der Waals surface area contributed by atoms with Gasteiger partial charge in [-0.05, 0) is 44.0 Å². The van der Waals surface area contributed by atoms with Gasteiger partial charge in [0.1, 0.15) is 23.6 Å². The number of fused-ring (bicyclic) bond motifs is 1. The molecule has 36 heavy (non-hydrogen) atoms. The third kappa shape index (κ3) is 4.06. The number of carbonyl (C=O) groups is 1. The molecule has 10 nitrogen and oxygen atoms in total. The number of nitrogens with two attached hydrogens (primary N) is 1. The van der Waals surface area contributed by atoms with E-state index >= 15 is 0 Å². The van der Waals surface area contributed by atoms with E-state index in [0.29, 0.717) is 17.8 Å². The number of hydrogen-bond donors (Lipinski definition) is 3. The van der Waals surface area contributed by atoms with E-state index in [0.717, 1.165) is 16.8 Å². The molecule has 4 N–H and O–H groups in total. The number of allylic oxidation sites excluding steroid dienone is 2. The predicted molar refractivity (Wildman–Crippen MR) is 136 cm³/mol. The second-order valence-corrected chi connectivity index (χ2v) is 8.99. The summed E-state index contributed by atoms with van der Waals surface area (Å²) in [4.78, 5) is 24.2. The number of benzene rings is 1. The van der Waals surface area contributed by atoms with Gasteiger partial charge < -0.3 is 11.1 Å². The Bertz CT molecular complexity index is 1400. The van der Waals surface area contributed by atoms with E-state index in [2.05, 4.69) is 42.9 Å². The van der Waals surface area contributed by atoms with E-state index in [4.69, 9.17) is 5.73 Å². The molecule has 2 unspecified atom stereocenters. The molecule has 180 valence electrons. The second-order valence-electron chi connectivity index (χ2n) is 8.99. The van der Waals surface area contributed by atoms with Gasteiger partial charge in [-0.3, -0.25) is 15.0 Å². The normalized spacial score (nSPS) is 22.1. The van der Waals surface area contributed by atoms with Crippen LogP contribution in [0.3, 0.4) is 0 Å². The number of nitrogens with zero attached hydrogens (tertiary/aromatic N) is 6. The lowest BCUT2D eigenvalue weighted by molar-refractivity contribution is -0.117. The van der Waals surface area contributed by atoms with Crippen molar-refractivity contribution in [2.24, 2.45) is 0 Å². The predicted octanol–water partition coefficient (Wildman–Crippen LogP) is 2.66. The van der Waals surface area contributed by atoms with Crippen LogP contribution in [0.1, 0.15) is 31.4 Å². The second kappa shape index (κ2) is 9.20. The van der Waals surface area contributed by atoms with Crippen molar-refractivity contribution < 1.29 is 4.79 Å². The third-order valence-corrected chi connectivity index (χ3v) is 6.50. The summed E-state index contributed by atoms with van der Waals surface area (Å²) >= 11 is 0. The van der Waals surface area contributed by atoms with Crippen molar-refractivity contribution in [2.75, 3.05) is 16.0 Å². The minimum absolute atomic E-state index is 0.0569. The number of carbonyl (C=O) groups excluding carboxylic acids is 1. The van der Waals surface area contributed by atoms with Crippen molar-refractivity contribution in [2.45, 2.75) is 38.0 Å². The van der Waals surface area contributed by atoms with Crippen molar-refractivity contribution >= 4 is 28.9 Å².